The van der Waals surface area contributed by atoms with Crippen LogP contribution >= 0.6 is 0 Å². The number of carbonyl (C=O) groups excluding carboxylic acids is 1. The van der Waals surface area contributed by atoms with E-state index in [-0.39, 0.29) is 23.6 Å². The van der Waals surface area contributed by atoms with Gasteiger partial charge in [0, 0.05) is 19.6 Å². The molecular formula is C13H23N5O2. The average Bonchev–Trinajstić information content (AvgIpc) is 2.78. The van der Waals surface area contributed by atoms with Crippen LogP contribution in [0, 0.1) is 0 Å². The molecule has 1 aromatic heterocycles. The number of H-pyrrole nitrogens is 1. The molecule has 4 N–H and O–H groups in total. The molecule has 0 aliphatic carbocycles. The second-order valence-corrected chi connectivity index (χ2v) is 5.52. The molecule has 20 heavy (non-hydrogen) atoms. The highest BCUT2D eigenvalue weighted by atomic mass is 16.5. The third-order valence-corrected chi connectivity index (χ3v) is 3.46. The summed E-state index contributed by atoms with van der Waals surface area (Å²) in [4.78, 5) is 14.3. The summed E-state index contributed by atoms with van der Waals surface area (Å²) in [6.07, 6.45) is 0.0161. The van der Waals surface area contributed by atoms with E-state index in [0.29, 0.717) is 18.8 Å². The van der Waals surface area contributed by atoms with Gasteiger partial charge in [0.1, 0.15) is 0 Å². The Kier molecular flexibility index (Phi) is 4.61. The number of morpholine rings is 1. The number of nitrogens with zero attached hydrogens (tertiary/aromatic N) is 2. The summed E-state index contributed by atoms with van der Waals surface area (Å²) < 4.78 is 5.59. The minimum absolute atomic E-state index is 0.0161. The quantitative estimate of drug-likeness (QED) is 0.731. The minimum Gasteiger partial charge on any atom is -0.395 e. The lowest BCUT2D eigenvalue weighted by atomic mass is 10.1. The lowest BCUT2D eigenvalue weighted by Gasteiger charge is -2.29. The third kappa shape index (κ3) is 3.29. The van der Waals surface area contributed by atoms with Crippen molar-refractivity contribution >= 4 is 11.6 Å². The zero-order chi connectivity index (χ0) is 14.7. The van der Waals surface area contributed by atoms with Crippen LogP contribution in [0.3, 0.4) is 0 Å². The van der Waals surface area contributed by atoms with Crippen molar-refractivity contribution < 1.29 is 9.53 Å². The van der Waals surface area contributed by atoms with Gasteiger partial charge in [-0.05, 0) is 13.0 Å². The molecule has 2 heterocycles. The van der Waals surface area contributed by atoms with Crippen LogP contribution in [0.5, 0.6) is 0 Å². The number of likely N-dealkylation sites (N-methyl/N-ethyl adjacent to an activating group) is 1. The molecule has 0 bridgehead atoms. The summed E-state index contributed by atoms with van der Waals surface area (Å²) in [5.41, 5.74) is 7.43. The third-order valence-electron chi connectivity index (χ3n) is 3.46. The molecule has 0 spiro atoms. The Hall–Kier alpha value is -1.60. The number of rotatable bonds is 4. The first-order valence-corrected chi connectivity index (χ1v) is 6.91. The highest BCUT2D eigenvalue weighted by Gasteiger charge is 2.22. The zero-order valence-electron chi connectivity index (χ0n) is 12.3. The molecule has 1 amide bonds. The standard InChI is InChI=1S/C13H23N5O2/c1-8(2)11-10(14)12(17-16-11)13(19)15-6-9-7-18(3)4-5-20-9/h8-9H,4-7,14H2,1-3H3,(H,15,19)(H,16,17). The summed E-state index contributed by atoms with van der Waals surface area (Å²) >= 11 is 0. The number of aromatic amines is 1. The second-order valence-electron chi connectivity index (χ2n) is 5.52. The molecule has 1 aromatic rings. The highest BCUT2D eigenvalue weighted by molar-refractivity contribution is 5.97. The summed E-state index contributed by atoms with van der Waals surface area (Å²) in [5.74, 6) is -0.0538. The fourth-order valence-corrected chi connectivity index (χ4v) is 2.26. The lowest BCUT2D eigenvalue weighted by Crippen LogP contribution is -2.46. The fraction of sp³-hybridized carbons (Fsp3) is 0.692. The number of ether oxygens (including phenoxy) is 1. The van der Waals surface area contributed by atoms with Crippen LogP contribution in [0.15, 0.2) is 0 Å². The Bertz CT molecular complexity index is 471. The molecule has 0 radical (unpaired) electrons. The van der Waals surface area contributed by atoms with E-state index in [9.17, 15) is 4.79 Å². The number of aromatic nitrogens is 2. The largest absolute Gasteiger partial charge is 0.395 e. The van der Waals surface area contributed by atoms with Crippen molar-refractivity contribution in [3.05, 3.63) is 11.4 Å². The van der Waals surface area contributed by atoms with Crippen molar-refractivity contribution in [1.82, 2.24) is 20.4 Å². The average molecular weight is 281 g/mol. The number of nitrogen functional groups attached to an aromatic ring is 1. The molecular weight excluding hydrogens is 258 g/mol. The summed E-state index contributed by atoms with van der Waals surface area (Å²) in [7, 11) is 2.04. The van der Waals surface area contributed by atoms with Gasteiger partial charge in [-0.1, -0.05) is 13.8 Å². The first kappa shape index (κ1) is 14.8. The van der Waals surface area contributed by atoms with E-state index in [1.165, 1.54) is 0 Å². The topological polar surface area (TPSA) is 96.3 Å². The van der Waals surface area contributed by atoms with Crippen LogP contribution in [-0.4, -0.2) is 60.4 Å². The first-order valence-electron chi connectivity index (χ1n) is 6.91. The molecule has 1 saturated heterocycles. The molecule has 1 fully saturated rings. The van der Waals surface area contributed by atoms with Crippen molar-refractivity contribution in [3.8, 4) is 0 Å². The maximum atomic E-state index is 12.1. The number of nitrogens with two attached hydrogens (primary N) is 1. The minimum atomic E-state index is -0.262. The van der Waals surface area contributed by atoms with E-state index in [1.54, 1.807) is 0 Å². The van der Waals surface area contributed by atoms with Crippen LogP contribution in [0.25, 0.3) is 0 Å². The highest BCUT2D eigenvalue weighted by Crippen LogP contribution is 2.21. The normalized spacial score (nSPS) is 20.3. The van der Waals surface area contributed by atoms with Crippen LogP contribution in [0.1, 0.15) is 35.9 Å². The smallest absolute Gasteiger partial charge is 0.274 e. The van der Waals surface area contributed by atoms with Gasteiger partial charge in [0.15, 0.2) is 5.69 Å². The van der Waals surface area contributed by atoms with E-state index in [4.69, 9.17) is 10.5 Å². The SMILES string of the molecule is CC(C)c1[nH]nc(C(=O)NCC2CN(C)CCO2)c1N. The van der Waals surface area contributed by atoms with Crippen molar-refractivity contribution in [2.45, 2.75) is 25.9 Å². The van der Waals surface area contributed by atoms with Gasteiger partial charge in [0.05, 0.1) is 24.1 Å². The predicted octanol–water partition coefficient (Wildman–Crippen LogP) is 0.176. The van der Waals surface area contributed by atoms with E-state index in [1.807, 2.05) is 20.9 Å². The Morgan fingerprint density at radius 2 is 2.40 bits per heavy atom. The fourth-order valence-electron chi connectivity index (χ4n) is 2.26. The number of carbonyl (C=O) groups is 1. The molecule has 2 rings (SSSR count). The Balaban J connectivity index is 1.92. The maximum absolute atomic E-state index is 12.1. The number of hydrogen-bond donors (Lipinski definition) is 3. The lowest BCUT2D eigenvalue weighted by molar-refractivity contribution is -0.0175. The van der Waals surface area contributed by atoms with Crippen molar-refractivity contribution in [3.63, 3.8) is 0 Å². The van der Waals surface area contributed by atoms with Gasteiger partial charge < -0.3 is 20.7 Å². The first-order chi connectivity index (χ1) is 9.49. The van der Waals surface area contributed by atoms with Gasteiger partial charge in [0.2, 0.25) is 0 Å². The van der Waals surface area contributed by atoms with E-state index >= 15 is 0 Å². The summed E-state index contributed by atoms with van der Waals surface area (Å²) in [6, 6.07) is 0. The van der Waals surface area contributed by atoms with Gasteiger partial charge in [0.25, 0.3) is 5.91 Å². The van der Waals surface area contributed by atoms with E-state index in [2.05, 4.69) is 20.4 Å². The summed E-state index contributed by atoms with van der Waals surface area (Å²) in [5, 5.41) is 9.66. The van der Waals surface area contributed by atoms with Crippen LogP contribution in [0.2, 0.25) is 0 Å². The summed E-state index contributed by atoms with van der Waals surface area (Å²) in [6.45, 7) is 6.89. The van der Waals surface area contributed by atoms with E-state index < -0.39 is 0 Å². The Morgan fingerprint density at radius 1 is 1.65 bits per heavy atom. The van der Waals surface area contributed by atoms with Gasteiger partial charge in [-0.15, -0.1) is 0 Å². The molecule has 1 aliphatic rings. The van der Waals surface area contributed by atoms with Crippen LogP contribution in [0.4, 0.5) is 5.69 Å². The second kappa shape index (κ2) is 6.23. The van der Waals surface area contributed by atoms with Gasteiger partial charge in [-0.3, -0.25) is 9.89 Å². The van der Waals surface area contributed by atoms with E-state index in [0.717, 1.165) is 18.8 Å². The molecule has 1 atom stereocenters. The zero-order valence-corrected chi connectivity index (χ0v) is 12.3. The number of amides is 1. The maximum Gasteiger partial charge on any atom is 0.274 e. The van der Waals surface area contributed by atoms with Crippen LogP contribution in [-0.2, 0) is 4.74 Å². The monoisotopic (exact) mass is 281 g/mol. The molecule has 112 valence electrons. The van der Waals surface area contributed by atoms with Gasteiger partial charge in [-0.2, -0.15) is 5.10 Å². The molecule has 7 nitrogen and oxygen atoms in total. The molecule has 1 unspecified atom stereocenters. The molecule has 1 aliphatic heterocycles. The molecule has 0 saturated carbocycles. The van der Waals surface area contributed by atoms with Crippen molar-refractivity contribution in [2.24, 2.45) is 0 Å². The van der Waals surface area contributed by atoms with Gasteiger partial charge >= 0.3 is 0 Å². The Morgan fingerprint density at radius 3 is 3.00 bits per heavy atom. The predicted molar refractivity (Wildman–Crippen MR) is 76.7 cm³/mol. The van der Waals surface area contributed by atoms with Crippen LogP contribution < -0.4 is 11.1 Å². The molecule has 0 aromatic carbocycles. The number of anilines is 1. The van der Waals surface area contributed by atoms with Crippen molar-refractivity contribution in [1.29, 1.82) is 0 Å². The van der Waals surface area contributed by atoms with Gasteiger partial charge in [-0.25, -0.2) is 0 Å². The number of hydrogen-bond acceptors (Lipinski definition) is 5. The molecule has 7 heteroatoms. The Labute approximate surface area is 118 Å². The van der Waals surface area contributed by atoms with Crippen molar-refractivity contribution in [2.75, 3.05) is 39.0 Å². The number of nitrogens with one attached hydrogen (secondary N) is 2.